The van der Waals surface area contributed by atoms with Gasteiger partial charge in [-0.1, -0.05) is 60.5 Å². The van der Waals surface area contributed by atoms with Crippen LogP contribution in [0.15, 0.2) is 42.5 Å². The number of benzene rings is 2. The van der Waals surface area contributed by atoms with Gasteiger partial charge in [-0.2, -0.15) is 0 Å². The number of rotatable bonds is 4. The Kier molecular flexibility index (Phi) is 3.84. The van der Waals surface area contributed by atoms with Gasteiger partial charge >= 0.3 is 0 Å². The van der Waals surface area contributed by atoms with Crippen molar-refractivity contribution in [2.24, 2.45) is 5.92 Å². The third-order valence-corrected chi connectivity index (χ3v) is 5.52. The Bertz CT molecular complexity index is 728. The Balaban J connectivity index is 2.07. The summed E-state index contributed by atoms with van der Waals surface area (Å²) in [6.45, 7) is 4.57. The Hall–Kier alpha value is -1.28. The molecule has 1 nitrogen and oxygen atoms in total. The largest absolute Gasteiger partial charge is 0.355 e. The Morgan fingerprint density at radius 3 is 2.60 bits per heavy atom. The molecule has 104 valence electrons. The molecule has 2 aromatic carbocycles. The van der Waals surface area contributed by atoms with Crippen molar-refractivity contribution in [3.05, 3.63) is 48.0 Å². The fraction of sp³-hybridized carbons (Fsp3) is 0.333. The summed E-state index contributed by atoms with van der Waals surface area (Å²) in [6.07, 6.45) is 2.49. The van der Waals surface area contributed by atoms with E-state index in [9.17, 15) is 0 Å². The molecule has 0 radical (unpaired) electrons. The van der Waals surface area contributed by atoms with Gasteiger partial charge in [0.2, 0.25) is 0 Å². The molecular formula is C18H20BrN. The Morgan fingerprint density at radius 2 is 1.80 bits per heavy atom. The topological polar surface area (TPSA) is 15.8 Å². The number of alkyl halides is 1. The summed E-state index contributed by atoms with van der Waals surface area (Å²) in [5, 5.41) is 2.64. The number of nitrogens with one attached hydrogen (secondary N) is 1. The highest BCUT2D eigenvalue weighted by Gasteiger charge is 2.16. The van der Waals surface area contributed by atoms with E-state index in [1.165, 1.54) is 40.2 Å². The van der Waals surface area contributed by atoms with Crippen LogP contribution in [0.3, 0.4) is 0 Å². The van der Waals surface area contributed by atoms with Gasteiger partial charge in [0.25, 0.3) is 0 Å². The summed E-state index contributed by atoms with van der Waals surface area (Å²) >= 11 is 3.88. The van der Waals surface area contributed by atoms with Crippen LogP contribution in [-0.4, -0.2) is 4.98 Å². The molecular weight excluding hydrogens is 310 g/mol. The molecule has 0 aliphatic heterocycles. The van der Waals surface area contributed by atoms with Crippen LogP contribution in [0.1, 0.15) is 37.1 Å². The first-order valence-electron chi connectivity index (χ1n) is 7.35. The van der Waals surface area contributed by atoms with Crippen molar-refractivity contribution in [1.82, 2.24) is 4.98 Å². The minimum Gasteiger partial charge on any atom is -0.355 e. The van der Waals surface area contributed by atoms with Crippen molar-refractivity contribution in [2.45, 2.75) is 31.5 Å². The summed E-state index contributed by atoms with van der Waals surface area (Å²) in [7, 11) is 0. The van der Waals surface area contributed by atoms with Crippen molar-refractivity contribution in [2.75, 3.05) is 0 Å². The second-order valence-corrected chi connectivity index (χ2v) is 6.63. The number of aromatic amines is 1. The van der Waals surface area contributed by atoms with Crippen LogP contribution < -0.4 is 0 Å². The summed E-state index contributed by atoms with van der Waals surface area (Å²) < 4.78 is 0. The van der Waals surface area contributed by atoms with Crippen molar-refractivity contribution in [1.29, 1.82) is 0 Å². The van der Waals surface area contributed by atoms with Gasteiger partial charge in [-0.3, -0.25) is 0 Å². The zero-order valence-electron chi connectivity index (χ0n) is 12.0. The van der Waals surface area contributed by atoms with E-state index in [-0.39, 0.29) is 0 Å². The lowest BCUT2D eigenvalue weighted by molar-refractivity contribution is 0.519. The molecule has 0 saturated carbocycles. The van der Waals surface area contributed by atoms with E-state index in [0.717, 1.165) is 0 Å². The van der Waals surface area contributed by atoms with Gasteiger partial charge in [0, 0.05) is 26.6 Å². The maximum Gasteiger partial charge on any atom is 0.0465 e. The molecule has 0 aliphatic carbocycles. The molecule has 0 saturated heterocycles. The highest BCUT2D eigenvalue weighted by Crippen LogP contribution is 2.36. The van der Waals surface area contributed by atoms with Crippen LogP contribution in [0.25, 0.3) is 21.8 Å². The third-order valence-electron chi connectivity index (χ3n) is 4.09. The lowest BCUT2D eigenvalue weighted by Crippen LogP contribution is -2.02. The van der Waals surface area contributed by atoms with Crippen molar-refractivity contribution >= 4 is 37.7 Å². The second kappa shape index (κ2) is 5.61. The fourth-order valence-corrected chi connectivity index (χ4v) is 3.52. The van der Waals surface area contributed by atoms with E-state index in [1.54, 1.807) is 0 Å². The average molecular weight is 330 g/mol. The second-order valence-electron chi connectivity index (χ2n) is 5.64. The Labute approximate surface area is 128 Å². The summed E-state index contributed by atoms with van der Waals surface area (Å²) in [4.78, 5) is 3.91. The minimum absolute atomic E-state index is 0.431. The Morgan fingerprint density at radius 1 is 1.05 bits per heavy atom. The van der Waals surface area contributed by atoms with Gasteiger partial charge in [0.05, 0.1) is 0 Å². The molecule has 0 spiro atoms. The number of para-hydroxylation sites is 1. The normalized spacial score (nSPS) is 14.8. The maximum atomic E-state index is 3.88. The number of hydrogen-bond acceptors (Lipinski definition) is 0. The first kappa shape index (κ1) is 13.7. The van der Waals surface area contributed by atoms with E-state index < -0.39 is 0 Å². The molecule has 3 aromatic rings. The molecule has 2 heteroatoms. The lowest BCUT2D eigenvalue weighted by Gasteiger charge is -2.18. The molecule has 0 aliphatic rings. The van der Waals surface area contributed by atoms with E-state index >= 15 is 0 Å². The highest BCUT2D eigenvalue weighted by molar-refractivity contribution is 9.09. The van der Waals surface area contributed by atoms with Crippen LogP contribution in [0, 0.1) is 5.92 Å². The van der Waals surface area contributed by atoms with Gasteiger partial charge in [-0.25, -0.2) is 0 Å². The van der Waals surface area contributed by atoms with E-state index in [0.29, 0.717) is 10.7 Å². The molecule has 2 atom stereocenters. The molecule has 0 bridgehead atoms. The van der Waals surface area contributed by atoms with Crippen LogP contribution in [0.4, 0.5) is 0 Å². The molecule has 1 heterocycles. The highest BCUT2D eigenvalue weighted by atomic mass is 79.9. The quantitative estimate of drug-likeness (QED) is 0.549. The summed E-state index contributed by atoms with van der Waals surface area (Å²) in [5.41, 5.74) is 3.81. The molecule has 1 N–H and O–H groups in total. The molecule has 20 heavy (non-hydrogen) atoms. The standard InChI is InChI=1S/C18H20BrN/c1-3-6-12(2)18(19)13-9-10-17-15(11-13)14-7-4-5-8-16(14)20-17/h4-5,7-12,18,20H,3,6H2,1-2H3. The van der Waals surface area contributed by atoms with Gasteiger partial charge in [0.15, 0.2) is 0 Å². The molecule has 3 rings (SSSR count). The number of H-pyrrole nitrogens is 1. The molecule has 0 fully saturated rings. The first-order chi connectivity index (χ1) is 9.70. The zero-order chi connectivity index (χ0) is 14.1. The van der Waals surface area contributed by atoms with Gasteiger partial charge in [-0.05, 0) is 36.1 Å². The minimum atomic E-state index is 0.431. The predicted molar refractivity (Wildman–Crippen MR) is 91.5 cm³/mol. The van der Waals surface area contributed by atoms with Gasteiger partial charge in [-0.15, -0.1) is 0 Å². The van der Waals surface area contributed by atoms with Crippen molar-refractivity contribution < 1.29 is 0 Å². The monoisotopic (exact) mass is 329 g/mol. The van der Waals surface area contributed by atoms with E-state index in [4.69, 9.17) is 0 Å². The van der Waals surface area contributed by atoms with Crippen molar-refractivity contribution in [3.63, 3.8) is 0 Å². The van der Waals surface area contributed by atoms with Crippen LogP contribution in [0.5, 0.6) is 0 Å². The fourth-order valence-electron chi connectivity index (χ4n) is 2.97. The number of hydrogen-bond donors (Lipinski definition) is 1. The SMILES string of the molecule is CCCC(C)C(Br)c1ccc2[nH]c3ccccc3c2c1. The smallest absolute Gasteiger partial charge is 0.0465 e. The first-order valence-corrected chi connectivity index (χ1v) is 8.26. The van der Waals surface area contributed by atoms with Crippen LogP contribution in [-0.2, 0) is 0 Å². The lowest BCUT2D eigenvalue weighted by atomic mass is 9.96. The third kappa shape index (κ3) is 2.37. The van der Waals surface area contributed by atoms with E-state index in [2.05, 4.69) is 77.2 Å². The zero-order valence-corrected chi connectivity index (χ0v) is 13.6. The maximum absolute atomic E-state index is 3.88. The number of halogens is 1. The summed E-state index contributed by atoms with van der Waals surface area (Å²) in [5.74, 6) is 0.655. The van der Waals surface area contributed by atoms with Crippen LogP contribution >= 0.6 is 15.9 Å². The predicted octanol–water partition coefficient (Wildman–Crippen LogP) is 6.19. The number of aromatic nitrogens is 1. The molecule has 0 amide bonds. The molecule has 2 unspecified atom stereocenters. The number of fused-ring (bicyclic) bond motifs is 3. The van der Waals surface area contributed by atoms with Crippen molar-refractivity contribution in [3.8, 4) is 0 Å². The van der Waals surface area contributed by atoms with Gasteiger partial charge < -0.3 is 4.98 Å². The van der Waals surface area contributed by atoms with E-state index in [1.807, 2.05) is 0 Å². The summed E-state index contributed by atoms with van der Waals surface area (Å²) in [6, 6.07) is 15.3. The average Bonchev–Trinajstić information content (AvgIpc) is 2.84. The molecule has 1 aromatic heterocycles. The van der Waals surface area contributed by atoms with Crippen LogP contribution in [0.2, 0.25) is 0 Å². The van der Waals surface area contributed by atoms with Gasteiger partial charge in [0.1, 0.15) is 0 Å².